The molecule has 10 heteroatoms. The number of amides is 1. The molecule has 1 amide bonds. The molecule has 0 atom stereocenters. The third kappa shape index (κ3) is 3.53. The van der Waals surface area contributed by atoms with Gasteiger partial charge in [-0.15, -0.1) is 0 Å². The van der Waals surface area contributed by atoms with Gasteiger partial charge in [0.05, 0.1) is 6.26 Å². The van der Waals surface area contributed by atoms with Crippen molar-refractivity contribution in [3.8, 4) is 0 Å². The number of rotatable bonds is 2. The van der Waals surface area contributed by atoms with Crippen molar-refractivity contribution in [1.82, 2.24) is 18.3 Å². The van der Waals surface area contributed by atoms with Crippen LogP contribution in [-0.4, -0.2) is 65.1 Å². The van der Waals surface area contributed by atoms with Crippen LogP contribution in [0.4, 0.5) is 0 Å². The number of aromatic nitrogens is 2. The van der Waals surface area contributed by atoms with Crippen molar-refractivity contribution < 1.29 is 13.2 Å². The van der Waals surface area contributed by atoms with Crippen molar-refractivity contribution in [1.29, 1.82) is 0 Å². The Morgan fingerprint density at radius 2 is 1.70 bits per heavy atom. The Kier molecular flexibility index (Phi) is 4.76. The first-order valence-corrected chi connectivity index (χ1v) is 8.99. The van der Waals surface area contributed by atoms with Crippen LogP contribution in [-0.2, 0) is 24.1 Å². The van der Waals surface area contributed by atoms with Crippen LogP contribution in [0.1, 0.15) is 16.9 Å². The van der Waals surface area contributed by atoms with Crippen molar-refractivity contribution >= 4 is 15.9 Å². The topological polar surface area (TPSA) is 102 Å². The summed E-state index contributed by atoms with van der Waals surface area (Å²) in [5.74, 6) is -0.447. The Bertz CT molecular complexity index is 839. The molecular formula is C13H20N4O5S. The Hall–Kier alpha value is -1.94. The number of nitrogens with zero attached hydrogens (tertiary/aromatic N) is 4. The fraction of sp³-hybridized carbons (Fsp3) is 0.615. The molecule has 0 aromatic carbocycles. The molecule has 0 spiro atoms. The Morgan fingerprint density at radius 3 is 2.30 bits per heavy atom. The van der Waals surface area contributed by atoms with E-state index in [2.05, 4.69) is 0 Å². The summed E-state index contributed by atoms with van der Waals surface area (Å²) in [4.78, 5) is 37.7. The summed E-state index contributed by atoms with van der Waals surface area (Å²) in [7, 11) is -0.535. The first kappa shape index (κ1) is 17.4. The zero-order chi connectivity index (χ0) is 17.4. The van der Waals surface area contributed by atoms with Crippen molar-refractivity contribution in [3.05, 3.63) is 32.6 Å². The molecule has 0 saturated carbocycles. The standard InChI is InChI=1S/C13H20N4O5S/c1-14-10(9-11(18)15(2)13(14)20)12(19)16-5-4-6-17(8-7-16)23(3,21)22/h9H,4-8H2,1-3H3. The molecule has 1 fully saturated rings. The predicted octanol–water partition coefficient (Wildman–Crippen LogP) is -1.81. The smallest absolute Gasteiger partial charge is 0.331 e. The van der Waals surface area contributed by atoms with Crippen LogP contribution < -0.4 is 11.2 Å². The van der Waals surface area contributed by atoms with E-state index in [4.69, 9.17) is 0 Å². The van der Waals surface area contributed by atoms with E-state index in [1.165, 1.54) is 23.3 Å². The van der Waals surface area contributed by atoms with Gasteiger partial charge in [0.1, 0.15) is 5.69 Å². The third-order valence-electron chi connectivity index (χ3n) is 3.96. The summed E-state index contributed by atoms with van der Waals surface area (Å²) in [5.41, 5.74) is -1.12. The van der Waals surface area contributed by atoms with Gasteiger partial charge in [-0.25, -0.2) is 17.5 Å². The molecule has 9 nitrogen and oxygen atoms in total. The van der Waals surface area contributed by atoms with Crippen molar-refractivity contribution in [2.75, 3.05) is 32.4 Å². The first-order chi connectivity index (χ1) is 10.6. The fourth-order valence-corrected chi connectivity index (χ4v) is 3.40. The van der Waals surface area contributed by atoms with Crippen molar-refractivity contribution in [2.24, 2.45) is 14.1 Å². The van der Waals surface area contributed by atoms with Crippen LogP contribution in [0.15, 0.2) is 15.7 Å². The van der Waals surface area contributed by atoms with E-state index in [0.29, 0.717) is 19.5 Å². The maximum absolute atomic E-state index is 12.6. The van der Waals surface area contributed by atoms with Crippen molar-refractivity contribution in [2.45, 2.75) is 6.42 Å². The monoisotopic (exact) mass is 344 g/mol. The molecule has 0 bridgehead atoms. The van der Waals surface area contributed by atoms with Gasteiger partial charge in [0.25, 0.3) is 11.5 Å². The van der Waals surface area contributed by atoms with E-state index in [1.54, 1.807) is 0 Å². The first-order valence-electron chi connectivity index (χ1n) is 7.14. The molecule has 23 heavy (non-hydrogen) atoms. The van der Waals surface area contributed by atoms with E-state index in [-0.39, 0.29) is 18.8 Å². The minimum absolute atomic E-state index is 0.00547. The Morgan fingerprint density at radius 1 is 1.04 bits per heavy atom. The lowest BCUT2D eigenvalue weighted by Gasteiger charge is -2.22. The molecule has 1 aliphatic heterocycles. The van der Waals surface area contributed by atoms with Gasteiger partial charge in [0.15, 0.2) is 0 Å². The second-order valence-electron chi connectivity index (χ2n) is 5.58. The molecule has 0 aliphatic carbocycles. The van der Waals surface area contributed by atoms with Gasteiger partial charge in [0, 0.05) is 46.3 Å². The number of hydrogen-bond acceptors (Lipinski definition) is 5. The van der Waals surface area contributed by atoms with Crippen LogP contribution in [0.5, 0.6) is 0 Å². The lowest BCUT2D eigenvalue weighted by molar-refractivity contribution is 0.0752. The largest absolute Gasteiger partial charge is 0.336 e. The molecule has 0 N–H and O–H groups in total. The van der Waals surface area contributed by atoms with E-state index in [9.17, 15) is 22.8 Å². The van der Waals surface area contributed by atoms with Crippen LogP contribution in [0, 0.1) is 0 Å². The van der Waals surface area contributed by atoms with Crippen LogP contribution >= 0.6 is 0 Å². The lowest BCUT2D eigenvalue weighted by Crippen LogP contribution is -2.43. The van der Waals surface area contributed by atoms with Gasteiger partial charge in [-0.3, -0.25) is 18.7 Å². The molecule has 2 rings (SSSR count). The highest BCUT2D eigenvalue weighted by Crippen LogP contribution is 2.09. The maximum atomic E-state index is 12.6. The second kappa shape index (κ2) is 6.28. The Labute approximate surface area is 133 Å². The number of carbonyl (C=O) groups is 1. The van der Waals surface area contributed by atoms with Crippen LogP contribution in [0.2, 0.25) is 0 Å². The molecule has 0 unspecified atom stereocenters. The predicted molar refractivity (Wildman–Crippen MR) is 83.9 cm³/mol. The van der Waals surface area contributed by atoms with Gasteiger partial charge >= 0.3 is 5.69 Å². The minimum atomic E-state index is -3.30. The van der Waals surface area contributed by atoms with Crippen LogP contribution in [0.3, 0.4) is 0 Å². The Balaban J connectivity index is 2.29. The molecule has 1 aromatic rings. The lowest BCUT2D eigenvalue weighted by atomic mass is 10.3. The normalized spacial score (nSPS) is 17.1. The highest BCUT2D eigenvalue weighted by Gasteiger charge is 2.26. The third-order valence-corrected chi connectivity index (χ3v) is 5.26. The summed E-state index contributed by atoms with van der Waals surface area (Å²) < 4.78 is 26.6. The summed E-state index contributed by atoms with van der Waals surface area (Å²) in [6.07, 6.45) is 1.63. The molecule has 2 heterocycles. The number of carbonyl (C=O) groups excluding carboxylic acids is 1. The molecular weight excluding hydrogens is 324 g/mol. The second-order valence-corrected chi connectivity index (χ2v) is 7.56. The average Bonchev–Trinajstić information content (AvgIpc) is 2.74. The summed E-state index contributed by atoms with van der Waals surface area (Å²) >= 11 is 0. The maximum Gasteiger partial charge on any atom is 0.331 e. The molecule has 1 aromatic heterocycles. The van der Waals surface area contributed by atoms with Gasteiger partial charge in [0.2, 0.25) is 10.0 Å². The quantitative estimate of drug-likeness (QED) is 0.629. The van der Waals surface area contributed by atoms with Crippen molar-refractivity contribution in [3.63, 3.8) is 0 Å². The summed E-state index contributed by atoms with van der Waals surface area (Å²) in [5, 5.41) is 0. The average molecular weight is 344 g/mol. The van der Waals surface area contributed by atoms with Gasteiger partial charge in [-0.2, -0.15) is 0 Å². The number of hydrogen-bond donors (Lipinski definition) is 0. The summed E-state index contributed by atoms with van der Waals surface area (Å²) in [6.45, 7) is 1.13. The molecule has 1 aliphatic rings. The summed E-state index contributed by atoms with van der Waals surface area (Å²) in [6, 6.07) is 1.13. The van der Waals surface area contributed by atoms with E-state index >= 15 is 0 Å². The highest BCUT2D eigenvalue weighted by atomic mass is 32.2. The molecule has 0 radical (unpaired) electrons. The van der Waals surface area contributed by atoms with E-state index in [1.807, 2.05) is 0 Å². The zero-order valence-corrected chi connectivity index (χ0v) is 14.2. The zero-order valence-electron chi connectivity index (χ0n) is 13.4. The number of sulfonamides is 1. The van der Waals surface area contributed by atoms with Gasteiger partial charge < -0.3 is 4.90 Å². The highest BCUT2D eigenvalue weighted by molar-refractivity contribution is 7.88. The van der Waals surface area contributed by atoms with E-state index in [0.717, 1.165) is 21.5 Å². The fourth-order valence-electron chi connectivity index (χ4n) is 2.53. The van der Waals surface area contributed by atoms with Gasteiger partial charge in [-0.1, -0.05) is 0 Å². The molecule has 1 saturated heterocycles. The van der Waals surface area contributed by atoms with E-state index < -0.39 is 27.2 Å². The van der Waals surface area contributed by atoms with Crippen LogP contribution in [0.25, 0.3) is 0 Å². The minimum Gasteiger partial charge on any atom is -0.336 e. The SMILES string of the molecule is Cn1c(C(=O)N2CCCN(S(C)(=O)=O)CC2)cc(=O)n(C)c1=O. The van der Waals surface area contributed by atoms with Gasteiger partial charge in [-0.05, 0) is 6.42 Å². The molecule has 128 valence electrons.